The van der Waals surface area contributed by atoms with E-state index < -0.39 is 0 Å². The van der Waals surface area contributed by atoms with E-state index in [2.05, 4.69) is 5.32 Å². The zero-order valence-electron chi connectivity index (χ0n) is 12.1. The van der Waals surface area contributed by atoms with Crippen molar-refractivity contribution in [1.82, 2.24) is 0 Å². The second-order valence-corrected chi connectivity index (χ2v) is 5.88. The van der Waals surface area contributed by atoms with E-state index in [4.69, 9.17) is 27.6 Å². The van der Waals surface area contributed by atoms with Crippen LogP contribution < -0.4 is 5.32 Å². The van der Waals surface area contributed by atoms with Gasteiger partial charge in [0.2, 0.25) is 0 Å². The van der Waals surface area contributed by atoms with Gasteiger partial charge in [-0.05, 0) is 48.9 Å². The molecule has 2 nitrogen and oxygen atoms in total. The van der Waals surface area contributed by atoms with Crippen molar-refractivity contribution < 1.29 is 4.42 Å². The van der Waals surface area contributed by atoms with Crippen LogP contribution in [0.5, 0.6) is 0 Å². The predicted molar refractivity (Wildman–Crippen MR) is 92.7 cm³/mol. The first-order chi connectivity index (χ1) is 10.6. The average Bonchev–Trinajstić information content (AvgIpc) is 2.98. The number of anilines is 1. The Kier molecular flexibility index (Phi) is 4.41. The Labute approximate surface area is 139 Å². The fraction of sp³-hybridized carbons (Fsp3) is 0.111. The van der Waals surface area contributed by atoms with Crippen LogP contribution in [-0.4, -0.2) is 0 Å². The first-order valence-corrected chi connectivity index (χ1v) is 7.73. The summed E-state index contributed by atoms with van der Waals surface area (Å²) < 4.78 is 5.85. The third kappa shape index (κ3) is 3.29. The molecule has 22 heavy (non-hydrogen) atoms. The minimum atomic E-state index is 0.587. The van der Waals surface area contributed by atoms with Gasteiger partial charge in [0.15, 0.2) is 0 Å². The van der Waals surface area contributed by atoms with Gasteiger partial charge in [0.25, 0.3) is 0 Å². The smallest absolute Gasteiger partial charge is 0.135 e. The van der Waals surface area contributed by atoms with E-state index in [0.717, 1.165) is 33.4 Å². The highest BCUT2D eigenvalue weighted by Crippen LogP contribution is 2.29. The zero-order chi connectivity index (χ0) is 15.5. The molecule has 2 aromatic carbocycles. The zero-order valence-corrected chi connectivity index (χ0v) is 13.6. The quantitative estimate of drug-likeness (QED) is 0.618. The second-order valence-electron chi connectivity index (χ2n) is 5.06. The van der Waals surface area contributed by atoms with E-state index in [0.29, 0.717) is 11.6 Å². The highest BCUT2D eigenvalue weighted by molar-refractivity contribution is 6.33. The fourth-order valence-corrected chi connectivity index (χ4v) is 2.58. The van der Waals surface area contributed by atoms with Crippen LogP contribution in [0.4, 0.5) is 5.69 Å². The molecule has 0 fully saturated rings. The number of hydrogen-bond acceptors (Lipinski definition) is 2. The number of hydrogen-bond donors (Lipinski definition) is 1. The van der Waals surface area contributed by atoms with Gasteiger partial charge in [-0.2, -0.15) is 0 Å². The Balaban J connectivity index is 1.72. The SMILES string of the molecule is Cc1ccc(NCc2ccc(-c3ccccc3Cl)o2)cc1Cl. The molecule has 0 radical (unpaired) electrons. The van der Waals surface area contributed by atoms with Crippen molar-refractivity contribution >= 4 is 28.9 Å². The first kappa shape index (κ1) is 15.0. The maximum atomic E-state index is 6.18. The molecule has 0 spiro atoms. The van der Waals surface area contributed by atoms with Gasteiger partial charge in [-0.15, -0.1) is 0 Å². The van der Waals surface area contributed by atoms with Crippen molar-refractivity contribution in [2.75, 3.05) is 5.32 Å². The summed E-state index contributed by atoms with van der Waals surface area (Å²) in [6.45, 7) is 2.57. The number of aryl methyl sites for hydroxylation is 1. The second kappa shape index (κ2) is 6.47. The number of rotatable bonds is 4. The van der Waals surface area contributed by atoms with Crippen molar-refractivity contribution in [3.8, 4) is 11.3 Å². The van der Waals surface area contributed by atoms with Crippen LogP contribution in [0.1, 0.15) is 11.3 Å². The molecule has 1 aromatic heterocycles. The highest BCUT2D eigenvalue weighted by atomic mass is 35.5. The minimum Gasteiger partial charge on any atom is -0.459 e. The maximum absolute atomic E-state index is 6.18. The number of nitrogens with one attached hydrogen (secondary N) is 1. The lowest BCUT2D eigenvalue weighted by Gasteiger charge is -2.06. The molecule has 1 heterocycles. The van der Waals surface area contributed by atoms with E-state index in [-0.39, 0.29) is 0 Å². The van der Waals surface area contributed by atoms with Gasteiger partial charge < -0.3 is 9.73 Å². The standard InChI is InChI=1S/C18H15Cl2NO/c1-12-6-7-13(10-17(12)20)21-11-14-8-9-18(22-14)15-4-2-3-5-16(15)19/h2-10,21H,11H2,1H3. The van der Waals surface area contributed by atoms with E-state index in [1.54, 1.807) is 0 Å². The van der Waals surface area contributed by atoms with Gasteiger partial charge in [-0.25, -0.2) is 0 Å². The molecule has 0 saturated carbocycles. The molecule has 0 atom stereocenters. The monoisotopic (exact) mass is 331 g/mol. The van der Waals surface area contributed by atoms with Crippen molar-refractivity contribution in [2.24, 2.45) is 0 Å². The van der Waals surface area contributed by atoms with Crippen molar-refractivity contribution in [3.63, 3.8) is 0 Å². The minimum absolute atomic E-state index is 0.587. The van der Waals surface area contributed by atoms with Gasteiger partial charge >= 0.3 is 0 Å². The van der Waals surface area contributed by atoms with Crippen LogP contribution in [0.15, 0.2) is 59.0 Å². The fourth-order valence-electron chi connectivity index (χ4n) is 2.17. The van der Waals surface area contributed by atoms with Crippen molar-refractivity contribution in [2.45, 2.75) is 13.5 Å². The Morgan fingerprint density at radius 3 is 2.55 bits per heavy atom. The van der Waals surface area contributed by atoms with Crippen molar-refractivity contribution in [1.29, 1.82) is 0 Å². The molecule has 1 N–H and O–H groups in total. The first-order valence-electron chi connectivity index (χ1n) is 6.97. The molecule has 0 unspecified atom stereocenters. The van der Waals surface area contributed by atoms with Gasteiger partial charge in [0.1, 0.15) is 11.5 Å². The normalized spacial score (nSPS) is 10.7. The molecule has 0 saturated heterocycles. The Morgan fingerprint density at radius 1 is 0.955 bits per heavy atom. The van der Waals surface area contributed by atoms with Crippen LogP contribution in [0.25, 0.3) is 11.3 Å². The topological polar surface area (TPSA) is 25.2 Å². The molecule has 0 bridgehead atoms. The summed E-state index contributed by atoms with van der Waals surface area (Å²) in [6, 6.07) is 17.4. The Bertz CT molecular complexity index is 795. The summed E-state index contributed by atoms with van der Waals surface area (Å²) in [5, 5.41) is 4.73. The lowest BCUT2D eigenvalue weighted by molar-refractivity contribution is 0.531. The molecule has 0 amide bonds. The molecule has 3 rings (SSSR count). The summed E-state index contributed by atoms with van der Waals surface area (Å²) in [4.78, 5) is 0. The third-order valence-electron chi connectivity index (χ3n) is 3.44. The van der Waals surface area contributed by atoms with Crippen LogP contribution in [0.3, 0.4) is 0 Å². The van der Waals surface area contributed by atoms with Gasteiger partial charge in [0.05, 0.1) is 11.6 Å². The maximum Gasteiger partial charge on any atom is 0.135 e. The molecular weight excluding hydrogens is 317 g/mol. The Morgan fingerprint density at radius 2 is 1.77 bits per heavy atom. The number of furan rings is 1. The van der Waals surface area contributed by atoms with Gasteiger partial charge in [0, 0.05) is 16.3 Å². The summed E-state index contributed by atoms with van der Waals surface area (Å²) >= 11 is 12.3. The summed E-state index contributed by atoms with van der Waals surface area (Å²) in [7, 11) is 0. The summed E-state index contributed by atoms with van der Waals surface area (Å²) in [5.41, 5.74) is 2.92. The lowest BCUT2D eigenvalue weighted by atomic mass is 10.2. The predicted octanol–water partition coefficient (Wildman–Crippen LogP) is 6.17. The molecular formula is C18H15Cl2NO. The molecule has 4 heteroatoms. The van der Waals surface area contributed by atoms with Gasteiger partial charge in [-0.1, -0.05) is 41.4 Å². The molecule has 0 aliphatic carbocycles. The van der Waals surface area contributed by atoms with E-state index >= 15 is 0 Å². The van der Waals surface area contributed by atoms with Crippen LogP contribution >= 0.6 is 23.2 Å². The molecule has 112 valence electrons. The summed E-state index contributed by atoms with van der Waals surface area (Å²) in [6.07, 6.45) is 0. The molecule has 0 aliphatic rings. The Hall–Kier alpha value is -1.90. The van der Waals surface area contributed by atoms with Crippen LogP contribution in [0.2, 0.25) is 10.0 Å². The van der Waals surface area contributed by atoms with Crippen LogP contribution in [-0.2, 0) is 6.54 Å². The molecule has 3 aromatic rings. The number of halogens is 2. The average molecular weight is 332 g/mol. The summed E-state index contributed by atoms with van der Waals surface area (Å²) in [5.74, 6) is 1.61. The van der Waals surface area contributed by atoms with Crippen LogP contribution in [0, 0.1) is 6.92 Å². The van der Waals surface area contributed by atoms with Gasteiger partial charge in [-0.3, -0.25) is 0 Å². The van der Waals surface area contributed by atoms with E-state index in [1.165, 1.54) is 0 Å². The van der Waals surface area contributed by atoms with E-state index in [1.807, 2.05) is 61.5 Å². The number of benzene rings is 2. The highest BCUT2D eigenvalue weighted by Gasteiger charge is 2.08. The largest absolute Gasteiger partial charge is 0.459 e. The molecule has 0 aliphatic heterocycles. The van der Waals surface area contributed by atoms with Crippen molar-refractivity contribution in [3.05, 3.63) is 76.0 Å². The lowest BCUT2D eigenvalue weighted by Crippen LogP contribution is -1.98. The third-order valence-corrected chi connectivity index (χ3v) is 4.18. The van der Waals surface area contributed by atoms with E-state index in [9.17, 15) is 0 Å².